The Morgan fingerprint density at radius 3 is 1.24 bits per heavy atom. The monoisotopic (exact) mass is 1240 g/mol. The Labute approximate surface area is 483 Å². The van der Waals surface area contributed by atoms with Crippen molar-refractivity contribution in [3.05, 3.63) is 0 Å². The van der Waals surface area contributed by atoms with Crippen molar-refractivity contribution in [1.29, 1.82) is 0 Å². The lowest BCUT2D eigenvalue weighted by atomic mass is 9.93. The van der Waals surface area contributed by atoms with Gasteiger partial charge in [-0.1, -0.05) is 0 Å². The predicted molar refractivity (Wildman–Crippen MR) is 264 cm³/mol. The van der Waals surface area contributed by atoms with E-state index >= 15 is 0 Å². The van der Waals surface area contributed by atoms with E-state index < -0.39 is 266 Å². The maximum atomic E-state index is 13.2. The minimum atomic E-state index is -2.14. The molecule has 0 radical (unpaired) electrons. The molecule has 0 aliphatic carbocycles. The molecule has 35 atom stereocenters. The van der Waals surface area contributed by atoms with E-state index in [2.05, 4.69) is 16.0 Å². The van der Waals surface area contributed by atoms with Crippen LogP contribution in [0.3, 0.4) is 0 Å². The van der Waals surface area contributed by atoms with Crippen LogP contribution in [0.5, 0.6) is 0 Å². The highest BCUT2D eigenvalue weighted by molar-refractivity contribution is 5.74. The quantitative estimate of drug-likeness (QED) is 0.0538. The number of aliphatic hydroxyl groups excluding tert-OH is 18. The van der Waals surface area contributed by atoms with Crippen LogP contribution in [0.25, 0.3) is 0 Å². The molecule has 1 unspecified atom stereocenters. The number of nitrogens with one attached hydrogen (secondary N) is 3. The highest BCUT2D eigenvalue weighted by Gasteiger charge is 2.59. The predicted octanol–water partition coefficient (Wildman–Crippen LogP) is -13.8. The summed E-state index contributed by atoms with van der Waals surface area (Å²) in [6.07, 6.45) is -59.4. The van der Waals surface area contributed by atoms with E-state index in [-0.39, 0.29) is 0 Å². The van der Waals surface area contributed by atoms with Crippen molar-refractivity contribution in [2.24, 2.45) is 0 Å². The molecular formula is C48H81N3O34. The molecule has 492 valence electrons. The van der Waals surface area contributed by atoms with E-state index in [1.807, 2.05) is 0 Å². The Kier molecular flexibility index (Phi) is 24.5. The average Bonchev–Trinajstić information content (AvgIpc) is 3.16. The molecule has 7 heterocycles. The van der Waals surface area contributed by atoms with Crippen molar-refractivity contribution in [3.63, 3.8) is 0 Å². The zero-order valence-corrected chi connectivity index (χ0v) is 46.3. The third kappa shape index (κ3) is 15.3. The number of amides is 3. The van der Waals surface area contributed by atoms with Gasteiger partial charge in [0.1, 0.15) is 159 Å². The highest BCUT2D eigenvalue weighted by Crippen LogP contribution is 2.38. The SMILES string of the molecule is CC(=O)N[C@H]1[C@H](O[C@H]2[C@@H](O)[C@@H](CO[C@@H]3O[C@H](CO)[C@@H](O[C@@H]4O[C@H](CO)[C@H](O)[C@H](O)[C@H]4O[C@@H]4O[C@@H](C)[C@@H](O)[C@@H](O)[C@@H]4O)[C@H](O[C@@H]4O[C@@H](C)[C@@H](O)[C@@H](O)[C@@H]4O)[C@H]3NC(C)=O)OC(O)[C@@H]2NC(C)=O)O[C@H](CO)[C@@H](O[C@@H]2O[C@H](CO)[C@H](O)[C@H](O)[C@H]2O)[C@@H]1O. The molecule has 0 aromatic heterocycles. The largest absolute Gasteiger partial charge is 0.394 e. The van der Waals surface area contributed by atoms with E-state index in [1.165, 1.54) is 13.8 Å². The molecule has 37 nitrogen and oxygen atoms in total. The Morgan fingerprint density at radius 2 is 0.718 bits per heavy atom. The lowest BCUT2D eigenvalue weighted by Gasteiger charge is -2.51. The van der Waals surface area contributed by atoms with Crippen LogP contribution in [0.2, 0.25) is 0 Å². The fourth-order valence-electron chi connectivity index (χ4n) is 11.0. The van der Waals surface area contributed by atoms with Gasteiger partial charge in [0.2, 0.25) is 17.7 Å². The number of carbonyl (C=O) groups is 3. The second kappa shape index (κ2) is 29.9. The third-order valence-electron chi connectivity index (χ3n) is 15.7. The number of carbonyl (C=O) groups excluding carboxylic acids is 3. The first-order chi connectivity index (χ1) is 40.1. The summed E-state index contributed by atoms with van der Waals surface area (Å²) in [6.45, 7) is 0.745. The van der Waals surface area contributed by atoms with Gasteiger partial charge in [-0.2, -0.15) is 0 Å². The molecule has 37 heteroatoms. The molecule has 0 aromatic carbocycles. The summed E-state index contributed by atoms with van der Waals surface area (Å²) in [5.74, 6) is -2.54. The first kappa shape index (κ1) is 69.6. The van der Waals surface area contributed by atoms with Gasteiger partial charge >= 0.3 is 0 Å². The van der Waals surface area contributed by atoms with Crippen molar-refractivity contribution in [1.82, 2.24) is 16.0 Å². The van der Waals surface area contributed by atoms with Crippen LogP contribution in [0.1, 0.15) is 34.6 Å². The number of rotatable bonds is 20. The van der Waals surface area contributed by atoms with Gasteiger partial charge in [0.25, 0.3) is 0 Å². The summed E-state index contributed by atoms with van der Waals surface area (Å²) in [5.41, 5.74) is 0. The lowest BCUT2D eigenvalue weighted by Crippen LogP contribution is -2.71. The van der Waals surface area contributed by atoms with Crippen molar-refractivity contribution < 1.29 is 168 Å². The molecule has 7 fully saturated rings. The van der Waals surface area contributed by atoms with E-state index in [9.17, 15) is 106 Å². The zero-order valence-electron chi connectivity index (χ0n) is 46.3. The number of hydrogen-bond donors (Lipinski definition) is 21. The first-order valence-electron chi connectivity index (χ1n) is 27.3. The topological polar surface area (TPSA) is 571 Å². The van der Waals surface area contributed by atoms with E-state index in [1.54, 1.807) is 0 Å². The third-order valence-corrected chi connectivity index (χ3v) is 15.7. The summed E-state index contributed by atoms with van der Waals surface area (Å²) in [7, 11) is 0. The van der Waals surface area contributed by atoms with E-state index in [0.29, 0.717) is 0 Å². The van der Waals surface area contributed by atoms with Gasteiger partial charge in [-0.3, -0.25) is 14.4 Å². The van der Waals surface area contributed by atoms with E-state index in [4.69, 9.17) is 61.6 Å². The van der Waals surface area contributed by atoms with Crippen LogP contribution in [-0.2, 0) is 76.0 Å². The van der Waals surface area contributed by atoms with Gasteiger partial charge in [0, 0.05) is 20.8 Å². The van der Waals surface area contributed by atoms with E-state index in [0.717, 1.165) is 20.8 Å². The Morgan fingerprint density at radius 1 is 0.329 bits per heavy atom. The van der Waals surface area contributed by atoms with Gasteiger partial charge < -0.3 is 169 Å². The molecule has 7 aliphatic rings. The zero-order chi connectivity index (χ0) is 62.8. The Balaban J connectivity index is 1.18. The van der Waals surface area contributed by atoms with Gasteiger partial charge in [0.15, 0.2) is 44.0 Å². The van der Waals surface area contributed by atoms with Crippen molar-refractivity contribution >= 4 is 17.7 Å². The second-order valence-electron chi connectivity index (χ2n) is 21.8. The molecule has 85 heavy (non-hydrogen) atoms. The Bertz CT molecular complexity index is 2150. The molecule has 7 rings (SSSR count). The van der Waals surface area contributed by atoms with Crippen LogP contribution in [0.4, 0.5) is 0 Å². The fraction of sp³-hybridized carbons (Fsp3) is 0.938. The normalized spacial score (nSPS) is 49.8. The lowest BCUT2D eigenvalue weighted by molar-refractivity contribution is -0.393. The maximum absolute atomic E-state index is 13.2. The van der Waals surface area contributed by atoms with Crippen LogP contribution in [-0.4, -0.2) is 357 Å². The van der Waals surface area contributed by atoms with Gasteiger partial charge in [-0.25, -0.2) is 0 Å². The molecule has 0 bridgehead atoms. The first-order valence-corrected chi connectivity index (χ1v) is 27.3. The number of ether oxygens (including phenoxy) is 13. The minimum absolute atomic E-state index is 0.829. The maximum Gasteiger partial charge on any atom is 0.217 e. The van der Waals surface area contributed by atoms with Crippen LogP contribution < -0.4 is 16.0 Å². The molecule has 3 amide bonds. The van der Waals surface area contributed by atoms with Gasteiger partial charge in [0.05, 0.1) is 45.2 Å². The number of hydrogen-bond acceptors (Lipinski definition) is 34. The summed E-state index contributed by atoms with van der Waals surface area (Å²) < 4.78 is 76.9. The number of aliphatic hydroxyl groups is 18. The molecule has 0 spiro atoms. The van der Waals surface area contributed by atoms with Crippen LogP contribution in [0, 0.1) is 0 Å². The molecule has 7 aliphatic heterocycles. The Hall–Kier alpha value is -2.83. The molecule has 7 saturated heterocycles. The van der Waals surface area contributed by atoms with Crippen molar-refractivity contribution in [3.8, 4) is 0 Å². The molecule has 0 saturated carbocycles. The van der Waals surface area contributed by atoms with Crippen molar-refractivity contribution in [2.75, 3.05) is 33.0 Å². The highest BCUT2D eigenvalue weighted by atomic mass is 16.8. The molecule has 21 N–H and O–H groups in total. The van der Waals surface area contributed by atoms with Gasteiger partial charge in [-0.05, 0) is 13.8 Å². The summed E-state index contributed by atoms with van der Waals surface area (Å²) >= 11 is 0. The average molecular weight is 1240 g/mol. The van der Waals surface area contributed by atoms with Crippen LogP contribution >= 0.6 is 0 Å². The van der Waals surface area contributed by atoms with Crippen LogP contribution in [0.15, 0.2) is 0 Å². The summed E-state index contributed by atoms with van der Waals surface area (Å²) in [6, 6.07) is -5.29. The van der Waals surface area contributed by atoms with Crippen molar-refractivity contribution in [2.45, 2.75) is 249 Å². The second-order valence-corrected chi connectivity index (χ2v) is 21.8. The van der Waals surface area contributed by atoms with Gasteiger partial charge in [-0.15, -0.1) is 0 Å². The molecular weight excluding hydrogens is 1160 g/mol. The molecule has 0 aromatic rings. The summed E-state index contributed by atoms with van der Waals surface area (Å²) in [5, 5.41) is 202. The fourth-order valence-corrected chi connectivity index (χ4v) is 11.0. The summed E-state index contributed by atoms with van der Waals surface area (Å²) in [4.78, 5) is 38.5. The standard InChI is InChI=1S/C48H81N3O34/c1-11-24(59)30(65)34(69)45(74-11)84-40-23(51-15(5)58)43(79-19(9-55)38(40)82-48-41(33(68)27(62)17(7-53)78-48)85-46-35(70)31(66)25(60)12(2)75-46)73-10-20-28(63)39(22(42(72)76-20)50-14(4)57)83-44-21(49-13(3)56)29(64)37(18(8-54)80-44)81-47-36(71)32(67)26(61)16(6-52)77-47/h11-12,16-48,52-55,59-72H,6-10H2,1-5H3,(H,49,56)(H,50,57)(H,51,58)/t11-,12-,16+,17+,18+,19+,20+,21+,22+,23+,24+,25+,26-,27-,28-,29+,30+,31+,32-,33-,34-,35-,36+,37+,38+,39+,40+,41+,42?,43+,44-,45-,46-,47-,48-/m0/s1. The smallest absolute Gasteiger partial charge is 0.217 e. The minimum Gasteiger partial charge on any atom is -0.394 e.